The van der Waals surface area contributed by atoms with Crippen molar-refractivity contribution in [1.82, 2.24) is 0 Å². The number of nitrogens with one attached hydrogen (secondary N) is 2. The van der Waals surface area contributed by atoms with Crippen LogP contribution in [0.2, 0.25) is 0 Å². The number of fused-ring (bicyclic) bond motifs is 1. The van der Waals surface area contributed by atoms with Crippen molar-refractivity contribution in [2.75, 3.05) is 10.6 Å². The topological polar surface area (TPSA) is 58.2 Å². The van der Waals surface area contributed by atoms with Crippen LogP contribution in [0.3, 0.4) is 0 Å². The fourth-order valence-corrected chi connectivity index (χ4v) is 5.14. The molecule has 5 rings (SSSR count). The number of anilines is 2. The van der Waals surface area contributed by atoms with Gasteiger partial charge in [0, 0.05) is 21.7 Å². The number of rotatable bonds is 7. The number of amides is 2. The molecule has 1 atom stereocenters. The Kier molecular flexibility index (Phi) is 7.28. The smallest absolute Gasteiger partial charge is 0.258 e. The predicted molar refractivity (Wildman–Crippen MR) is 148 cm³/mol. The van der Waals surface area contributed by atoms with Gasteiger partial charge in [-0.25, -0.2) is 4.39 Å². The molecular weight excluding hydrogens is 483 g/mol. The maximum absolute atomic E-state index is 14.0. The number of thioether (sulfide) groups is 1. The largest absolute Gasteiger partial charge is 0.324 e. The summed E-state index contributed by atoms with van der Waals surface area (Å²) in [6.07, 6.45) is 0. The highest BCUT2D eigenvalue weighted by Gasteiger charge is 2.23. The Hall–Kier alpha value is -4.42. The summed E-state index contributed by atoms with van der Waals surface area (Å²) in [5.41, 5.74) is 2.08. The average Bonchev–Trinajstić information content (AvgIpc) is 2.93. The standard InChI is InChI=1S/C31H23FN2O2S/c32-27-18-7-6-17-26(27)30(35)33-23-14-9-15-24(20-23)37-29(22-11-2-1-3-12-22)31(36)34-28-19-8-13-21-10-4-5-16-25(21)28/h1-20,29H,(H,33,35)(H,34,36). The molecule has 2 N–H and O–H groups in total. The summed E-state index contributed by atoms with van der Waals surface area (Å²) in [7, 11) is 0. The summed E-state index contributed by atoms with van der Waals surface area (Å²) < 4.78 is 14.0. The highest BCUT2D eigenvalue weighted by molar-refractivity contribution is 8.00. The SMILES string of the molecule is O=C(Nc1cccc(SC(C(=O)Nc2cccc3ccccc23)c2ccccc2)c1)c1ccccc1F. The van der Waals surface area contributed by atoms with Crippen LogP contribution >= 0.6 is 11.8 Å². The van der Waals surface area contributed by atoms with Crippen LogP contribution in [0.25, 0.3) is 10.8 Å². The second kappa shape index (κ2) is 11.1. The maximum atomic E-state index is 14.0. The molecule has 5 aromatic rings. The molecule has 0 saturated heterocycles. The van der Waals surface area contributed by atoms with Crippen LogP contribution in [0.15, 0.2) is 126 Å². The monoisotopic (exact) mass is 506 g/mol. The minimum Gasteiger partial charge on any atom is -0.324 e. The maximum Gasteiger partial charge on any atom is 0.258 e. The van der Waals surface area contributed by atoms with Gasteiger partial charge in [-0.3, -0.25) is 9.59 Å². The van der Waals surface area contributed by atoms with Gasteiger partial charge in [0.2, 0.25) is 5.91 Å². The molecule has 0 aliphatic heterocycles. The summed E-state index contributed by atoms with van der Waals surface area (Å²) in [5, 5.41) is 7.32. The third-order valence-corrected chi connectivity index (χ3v) is 7.10. The first kappa shape index (κ1) is 24.3. The van der Waals surface area contributed by atoms with Gasteiger partial charge in [0.15, 0.2) is 0 Å². The second-order valence-corrected chi connectivity index (χ2v) is 9.56. The zero-order valence-corrected chi connectivity index (χ0v) is 20.5. The van der Waals surface area contributed by atoms with E-state index in [1.807, 2.05) is 78.9 Å². The highest BCUT2D eigenvalue weighted by Crippen LogP contribution is 2.38. The summed E-state index contributed by atoms with van der Waals surface area (Å²) in [6.45, 7) is 0. The van der Waals surface area contributed by atoms with E-state index in [4.69, 9.17) is 0 Å². The van der Waals surface area contributed by atoms with Crippen LogP contribution < -0.4 is 10.6 Å². The molecule has 1 unspecified atom stereocenters. The van der Waals surface area contributed by atoms with Crippen molar-refractivity contribution < 1.29 is 14.0 Å². The Labute approximate surface area is 218 Å². The highest BCUT2D eigenvalue weighted by atomic mass is 32.2. The Morgan fingerprint density at radius 1 is 0.703 bits per heavy atom. The van der Waals surface area contributed by atoms with E-state index in [0.29, 0.717) is 5.69 Å². The van der Waals surface area contributed by atoms with Crippen LogP contribution in [0, 0.1) is 5.82 Å². The quantitative estimate of drug-likeness (QED) is 0.222. The lowest BCUT2D eigenvalue weighted by Crippen LogP contribution is -2.19. The third kappa shape index (κ3) is 5.71. The van der Waals surface area contributed by atoms with E-state index in [0.717, 1.165) is 26.9 Å². The van der Waals surface area contributed by atoms with Crippen molar-refractivity contribution in [2.24, 2.45) is 0 Å². The Bertz CT molecular complexity index is 1570. The molecule has 2 amide bonds. The van der Waals surface area contributed by atoms with E-state index in [-0.39, 0.29) is 11.5 Å². The van der Waals surface area contributed by atoms with E-state index in [1.54, 1.807) is 24.3 Å². The van der Waals surface area contributed by atoms with Gasteiger partial charge in [-0.05, 0) is 47.3 Å². The number of carbonyl (C=O) groups is 2. The predicted octanol–water partition coefficient (Wildman–Crippen LogP) is 7.70. The van der Waals surface area contributed by atoms with Crippen molar-refractivity contribution in [2.45, 2.75) is 10.1 Å². The molecule has 182 valence electrons. The second-order valence-electron chi connectivity index (χ2n) is 8.39. The first-order chi connectivity index (χ1) is 18.1. The average molecular weight is 507 g/mol. The first-order valence-electron chi connectivity index (χ1n) is 11.7. The van der Waals surface area contributed by atoms with Crippen molar-refractivity contribution in [3.63, 3.8) is 0 Å². The van der Waals surface area contributed by atoms with E-state index >= 15 is 0 Å². The Balaban J connectivity index is 1.40. The molecule has 0 aromatic heterocycles. The Morgan fingerprint density at radius 2 is 1.41 bits per heavy atom. The molecule has 5 aromatic carbocycles. The molecule has 0 heterocycles. The minimum absolute atomic E-state index is 0.0304. The van der Waals surface area contributed by atoms with Crippen LogP contribution in [-0.4, -0.2) is 11.8 Å². The zero-order chi connectivity index (χ0) is 25.6. The van der Waals surface area contributed by atoms with E-state index in [9.17, 15) is 14.0 Å². The molecule has 0 bridgehead atoms. The van der Waals surface area contributed by atoms with Gasteiger partial charge in [0.05, 0.1) is 5.56 Å². The summed E-state index contributed by atoms with van der Waals surface area (Å²) in [5.74, 6) is -1.28. The van der Waals surface area contributed by atoms with Gasteiger partial charge in [-0.15, -0.1) is 11.8 Å². The van der Waals surface area contributed by atoms with Gasteiger partial charge < -0.3 is 10.6 Å². The van der Waals surface area contributed by atoms with E-state index in [2.05, 4.69) is 10.6 Å². The molecule has 0 aliphatic rings. The van der Waals surface area contributed by atoms with Gasteiger partial charge in [0.25, 0.3) is 5.91 Å². The molecule has 0 aliphatic carbocycles. The minimum atomic E-state index is -0.584. The molecule has 0 fully saturated rings. The molecule has 4 nitrogen and oxygen atoms in total. The molecule has 6 heteroatoms. The summed E-state index contributed by atoms with van der Waals surface area (Å²) >= 11 is 1.38. The number of hydrogen-bond donors (Lipinski definition) is 2. The molecule has 37 heavy (non-hydrogen) atoms. The summed E-state index contributed by atoms with van der Waals surface area (Å²) in [6, 6.07) is 36.3. The number of benzene rings is 5. The zero-order valence-electron chi connectivity index (χ0n) is 19.7. The van der Waals surface area contributed by atoms with Crippen LogP contribution in [0.4, 0.5) is 15.8 Å². The van der Waals surface area contributed by atoms with Crippen LogP contribution in [0.1, 0.15) is 21.2 Å². The van der Waals surface area contributed by atoms with Gasteiger partial charge in [0.1, 0.15) is 11.1 Å². The molecule has 0 saturated carbocycles. The van der Waals surface area contributed by atoms with Gasteiger partial charge in [-0.1, -0.05) is 84.9 Å². The first-order valence-corrected chi connectivity index (χ1v) is 12.6. The van der Waals surface area contributed by atoms with Gasteiger partial charge >= 0.3 is 0 Å². The molecule has 0 spiro atoms. The summed E-state index contributed by atoms with van der Waals surface area (Å²) in [4.78, 5) is 27.0. The number of hydrogen-bond acceptors (Lipinski definition) is 3. The van der Waals surface area contributed by atoms with Crippen LogP contribution in [-0.2, 0) is 4.79 Å². The lowest BCUT2D eigenvalue weighted by molar-refractivity contribution is -0.115. The third-order valence-electron chi connectivity index (χ3n) is 5.85. The van der Waals surface area contributed by atoms with Crippen molar-refractivity contribution in [1.29, 1.82) is 0 Å². The van der Waals surface area contributed by atoms with Crippen molar-refractivity contribution in [3.05, 3.63) is 138 Å². The number of carbonyl (C=O) groups excluding carboxylic acids is 2. The normalized spacial score (nSPS) is 11.6. The molecular formula is C31H23FN2O2S. The van der Waals surface area contributed by atoms with Crippen molar-refractivity contribution >= 4 is 45.7 Å². The molecule has 0 radical (unpaired) electrons. The van der Waals surface area contributed by atoms with Crippen LogP contribution in [0.5, 0.6) is 0 Å². The lowest BCUT2D eigenvalue weighted by Gasteiger charge is -2.18. The fourth-order valence-electron chi connectivity index (χ4n) is 4.06. The Morgan fingerprint density at radius 3 is 2.24 bits per heavy atom. The van der Waals surface area contributed by atoms with E-state index < -0.39 is 17.0 Å². The van der Waals surface area contributed by atoms with E-state index in [1.165, 1.54) is 30.0 Å². The van der Waals surface area contributed by atoms with Crippen molar-refractivity contribution in [3.8, 4) is 0 Å². The number of halogens is 1. The lowest BCUT2D eigenvalue weighted by atomic mass is 10.1. The van der Waals surface area contributed by atoms with Gasteiger partial charge in [-0.2, -0.15) is 0 Å². The fraction of sp³-hybridized carbons (Fsp3) is 0.0323.